The molecule has 5 aromatic carbocycles. The predicted molar refractivity (Wildman–Crippen MR) is 230 cm³/mol. The summed E-state index contributed by atoms with van der Waals surface area (Å²) in [5.74, 6) is 0.626. The van der Waals surface area contributed by atoms with Gasteiger partial charge in [0, 0.05) is 28.3 Å². The number of pyridine rings is 1. The van der Waals surface area contributed by atoms with Crippen molar-refractivity contribution in [2.24, 2.45) is 0 Å². The third-order valence-corrected chi connectivity index (χ3v) is 11.0. The minimum Gasteiger partial charge on any atom is -0.507 e. The highest BCUT2D eigenvalue weighted by Crippen LogP contribution is 2.44. The molecule has 4 heteroatoms. The van der Waals surface area contributed by atoms with E-state index in [1.54, 1.807) is 0 Å². The summed E-state index contributed by atoms with van der Waals surface area (Å²) in [6.07, 6.45) is 1.91. The Morgan fingerprint density at radius 3 is 1.80 bits per heavy atom. The molecule has 1 N–H and O–H groups in total. The van der Waals surface area contributed by atoms with Gasteiger partial charge in [-0.15, -0.1) is 0 Å². The maximum Gasteiger partial charge on any atom is 0.231 e. The number of fused-ring (bicyclic) bond motifs is 1. The van der Waals surface area contributed by atoms with Gasteiger partial charge in [-0.1, -0.05) is 155 Å². The van der Waals surface area contributed by atoms with Gasteiger partial charge >= 0.3 is 0 Å². The van der Waals surface area contributed by atoms with Crippen molar-refractivity contribution in [2.45, 2.75) is 97.8 Å². The quantitative estimate of drug-likeness (QED) is 0.185. The molecule has 0 aliphatic carbocycles. The van der Waals surface area contributed by atoms with Crippen molar-refractivity contribution in [3.8, 4) is 50.7 Å². The number of aromatic nitrogens is 2. The van der Waals surface area contributed by atoms with Crippen molar-refractivity contribution in [2.75, 3.05) is 0 Å². The predicted octanol–water partition coefficient (Wildman–Crippen LogP) is 13.8. The molecule has 0 aliphatic rings. The van der Waals surface area contributed by atoms with Crippen LogP contribution in [0.15, 0.2) is 126 Å². The lowest BCUT2D eigenvalue weighted by Crippen LogP contribution is -2.18. The number of para-hydroxylation sites is 1. The van der Waals surface area contributed by atoms with Crippen LogP contribution < -0.4 is 0 Å². The molecule has 0 saturated carbocycles. The Labute approximate surface area is 327 Å². The van der Waals surface area contributed by atoms with Gasteiger partial charge in [0.1, 0.15) is 11.3 Å². The third kappa shape index (κ3) is 7.48. The van der Waals surface area contributed by atoms with Gasteiger partial charge < -0.3 is 9.52 Å². The summed E-state index contributed by atoms with van der Waals surface area (Å²) >= 11 is 0. The highest BCUT2D eigenvalue weighted by atomic mass is 16.3. The van der Waals surface area contributed by atoms with Gasteiger partial charge in [-0.25, -0.2) is 4.98 Å². The van der Waals surface area contributed by atoms with E-state index < -0.39 is 0 Å². The molecule has 7 aromatic rings. The van der Waals surface area contributed by atoms with Crippen molar-refractivity contribution in [1.82, 2.24) is 9.97 Å². The molecule has 0 bridgehead atoms. The molecule has 0 atom stereocenters. The summed E-state index contributed by atoms with van der Waals surface area (Å²) in [5.41, 5.74) is 13.3. The molecule has 280 valence electrons. The number of oxazole rings is 1. The van der Waals surface area contributed by atoms with Gasteiger partial charge in [0.25, 0.3) is 0 Å². The van der Waals surface area contributed by atoms with Crippen LogP contribution in [-0.4, -0.2) is 15.1 Å². The van der Waals surface area contributed by atoms with Crippen LogP contribution in [0, 0.1) is 0 Å². The Kier molecular flexibility index (Phi) is 9.40. The number of phenols is 1. The average molecular weight is 727 g/mol. The molecular weight excluding hydrogens is 673 g/mol. The second kappa shape index (κ2) is 13.7. The largest absolute Gasteiger partial charge is 0.507 e. The molecule has 4 nitrogen and oxygen atoms in total. The smallest absolute Gasteiger partial charge is 0.231 e. The SMILES string of the molecule is CC(C)(C)c1cc(-c2cc(-c3cccc(C(C)(C)c4ccccc4)c3)ccn2)cc(-c2cccc3oc(-c4cc(C(C)(C)C)cc(C(C)(C)C)c4O)nc23)c1. The van der Waals surface area contributed by atoms with E-state index in [4.69, 9.17) is 14.4 Å². The molecule has 0 saturated heterocycles. The number of aromatic hydroxyl groups is 1. The van der Waals surface area contributed by atoms with Crippen LogP contribution >= 0.6 is 0 Å². The second-order valence-corrected chi connectivity index (χ2v) is 18.6. The van der Waals surface area contributed by atoms with Gasteiger partial charge in [0.2, 0.25) is 5.89 Å². The zero-order chi connectivity index (χ0) is 39.5. The second-order valence-electron chi connectivity index (χ2n) is 18.6. The lowest BCUT2D eigenvalue weighted by molar-refractivity contribution is 0.444. The highest BCUT2D eigenvalue weighted by Gasteiger charge is 2.28. The molecule has 0 radical (unpaired) electrons. The van der Waals surface area contributed by atoms with Crippen LogP contribution in [0.4, 0.5) is 0 Å². The summed E-state index contributed by atoms with van der Waals surface area (Å²) in [6, 6.07) is 40.8. The van der Waals surface area contributed by atoms with Gasteiger partial charge in [0.05, 0.1) is 11.3 Å². The highest BCUT2D eigenvalue weighted by molar-refractivity contribution is 5.93. The van der Waals surface area contributed by atoms with E-state index in [1.165, 1.54) is 16.7 Å². The van der Waals surface area contributed by atoms with E-state index in [9.17, 15) is 5.11 Å². The van der Waals surface area contributed by atoms with Crippen molar-refractivity contribution in [3.63, 3.8) is 0 Å². The molecule has 7 rings (SSSR count). The molecule has 0 aliphatic heterocycles. The summed E-state index contributed by atoms with van der Waals surface area (Å²) in [7, 11) is 0. The first-order chi connectivity index (χ1) is 25.8. The molecule has 0 unspecified atom stereocenters. The van der Waals surface area contributed by atoms with Crippen LogP contribution in [0.3, 0.4) is 0 Å². The summed E-state index contributed by atoms with van der Waals surface area (Å²) < 4.78 is 6.49. The fraction of sp³-hybridized carbons (Fsp3) is 0.294. The van der Waals surface area contributed by atoms with Crippen LogP contribution in [0.1, 0.15) is 104 Å². The molecule has 2 heterocycles. The fourth-order valence-electron chi connectivity index (χ4n) is 7.34. The van der Waals surface area contributed by atoms with E-state index in [1.807, 2.05) is 24.4 Å². The van der Waals surface area contributed by atoms with E-state index in [-0.39, 0.29) is 27.4 Å². The number of hydrogen-bond acceptors (Lipinski definition) is 4. The van der Waals surface area contributed by atoms with E-state index in [0.29, 0.717) is 17.0 Å². The zero-order valence-electron chi connectivity index (χ0n) is 34.3. The van der Waals surface area contributed by atoms with Gasteiger partial charge in [-0.3, -0.25) is 4.98 Å². The Morgan fingerprint density at radius 1 is 0.491 bits per heavy atom. The monoisotopic (exact) mass is 726 g/mol. The molecule has 0 spiro atoms. The Morgan fingerprint density at radius 2 is 1.11 bits per heavy atom. The zero-order valence-corrected chi connectivity index (χ0v) is 34.3. The van der Waals surface area contributed by atoms with Gasteiger partial charge in [-0.2, -0.15) is 0 Å². The molecule has 0 amide bonds. The number of hydrogen-bond donors (Lipinski definition) is 1. The number of nitrogens with zero attached hydrogens (tertiary/aromatic N) is 2. The molecular formula is C51H54N2O2. The lowest BCUT2D eigenvalue weighted by atomic mass is 9.77. The van der Waals surface area contributed by atoms with E-state index in [0.717, 1.165) is 50.2 Å². The minimum absolute atomic E-state index is 0.120. The van der Waals surface area contributed by atoms with Gasteiger partial charge in [0.15, 0.2) is 5.58 Å². The van der Waals surface area contributed by atoms with Crippen LogP contribution in [0.25, 0.3) is 56.1 Å². The standard InChI is InChI=1S/C51H54N2O2/c1-48(2,3)38-27-34(40-21-16-22-44-45(40)53-47(55-44)41-30-39(49(4,5)6)31-42(46(41)54)50(7,8)9)25-35(28-38)43-29-33(23-24-52-43)32-17-15-20-37(26-32)51(10,11)36-18-13-12-14-19-36/h12-31,54H,1-11H3. The minimum atomic E-state index is -0.270. The number of phenolic OH excluding ortho intramolecular Hbond substituents is 1. The summed E-state index contributed by atoms with van der Waals surface area (Å²) in [6.45, 7) is 24.2. The van der Waals surface area contributed by atoms with Crippen molar-refractivity contribution < 1.29 is 9.52 Å². The lowest BCUT2D eigenvalue weighted by Gasteiger charge is -2.27. The summed E-state index contributed by atoms with van der Waals surface area (Å²) in [5, 5.41) is 11.7. The fourth-order valence-corrected chi connectivity index (χ4v) is 7.34. The maximum absolute atomic E-state index is 11.7. The first-order valence-electron chi connectivity index (χ1n) is 19.4. The Balaban J connectivity index is 1.34. The number of benzene rings is 5. The van der Waals surface area contributed by atoms with Crippen LogP contribution in [0.2, 0.25) is 0 Å². The van der Waals surface area contributed by atoms with Gasteiger partial charge in [-0.05, 0) is 91.6 Å². The molecule has 55 heavy (non-hydrogen) atoms. The first kappa shape index (κ1) is 37.8. The first-order valence-corrected chi connectivity index (χ1v) is 19.4. The van der Waals surface area contributed by atoms with Crippen molar-refractivity contribution >= 4 is 11.1 Å². The topological polar surface area (TPSA) is 59.2 Å². The number of rotatable bonds is 6. The maximum atomic E-state index is 11.7. The molecule has 0 fully saturated rings. The Bertz CT molecular complexity index is 2520. The van der Waals surface area contributed by atoms with Crippen molar-refractivity contribution in [1.29, 1.82) is 0 Å². The average Bonchev–Trinajstić information content (AvgIpc) is 3.58. The van der Waals surface area contributed by atoms with Crippen molar-refractivity contribution in [3.05, 3.63) is 149 Å². The Hall–Kier alpha value is -5.48. The third-order valence-electron chi connectivity index (χ3n) is 11.0. The normalized spacial score (nSPS) is 12.7. The van der Waals surface area contributed by atoms with E-state index >= 15 is 0 Å². The van der Waals surface area contributed by atoms with E-state index in [2.05, 4.69) is 173 Å². The van der Waals surface area contributed by atoms with Crippen LogP contribution in [0.5, 0.6) is 5.75 Å². The molecule has 2 aromatic heterocycles. The van der Waals surface area contributed by atoms with Crippen LogP contribution in [-0.2, 0) is 21.7 Å². The summed E-state index contributed by atoms with van der Waals surface area (Å²) in [4.78, 5) is 10.0.